The molecule has 1 heterocycles. The minimum absolute atomic E-state index is 0.150. The number of fused-ring (bicyclic) bond motifs is 1. The van der Waals surface area contributed by atoms with Gasteiger partial charge in [-0.2, -0.15) is 0 Å². The van der Waals surface area contributed by atoms with Crippen LogP contribution in [0.1, 0.15) is 17.2 Å². The molecular formula is C14H9BrFNO3. The third kappa shape index (κ3) is 2.28. The van der Waals surface area contributed by atoms with E-state index in [0.717, 1.165) is 0 Å². The predicted molar refractivity (Wildman–Crippen MR) is 75.0 cm³/mol. The van der Waals surface area contributed by atoms with Gasteiger partial charge in [-0.1, -0.05) is 22.0 Å². The van der Waals surface area contributed by atoms with Crippen molar-refractivity contribution in [2.24, 2.45) is 0 Å². The minimum Gasteiger partial charge on any atom is -0.408 e. The molecule has 6 heteroatoms. The smallest absolute Gasteiger partial charge is 0.408 e. The highest BCUT2D eigenvalue weighted by Gasteiger charge is 2.16. The molecule has 1 aromatic heterocycles. The van der Waals surface area contributed by atoms with E-state index >= 15 is 0 Å². The lowest BCUT2D eigenvalue weighted by atomic mass is 10.0. The molecule has 2 aromatic carbocycles. The Hall–Kier alpha value is -1.92. The van der Waals surface area contributed by atoms with Crippen molar-refractivity contribution in [3.63, 3.8) is 0 Å². The second-order valence-electron chi connectivity index (χ2n) is 4.34. The topological polar surface area (TPSA) is 66.2 Å². The number of benzene rings is 2. The lowest BCUT2D eigenvalue weighted by Gasteiger charge is -2.12. The second kappa shape index (κ2) is 4.88. The Morgan fingerprint density at radius 1 is 1.25 bits per heavy atom. The second-order valence-corrected chi connectivity index (χ2v) is 5.25. The first-order valence-electron chi connectivity index (χ1n) is 5.80. The van der Waals surface area contributed by atoms with Gasteiger partial charge in [0.1, 0.15) is 11.9 Å². The Kier molecular flexibility index (Phi) is 3.19. The number of oxazole rings is 1. The van der Waals surface area contributed by atoms with Gasteiger partial charge < -0.3 is 9.52 Å². The van der Waals surface area contributed by atoms with Crippen molar-refractivity contribution in [1.82, 2.24) is 4.98 Å². The van der Waals surface area contributed by atoms with Crippen LogP contribution in [-0.4, -0.2) is 10.1 Å². The van der Waals surface area contributed by atoms with Crippen LogP contribution in [0, 0.1) is 5.82 Å². The van der Waals surface area contributed by atoms with Crippen molar-refractivity contribution in [3.05, 3.63) is 68.4 Å². The standard InChI is InChI=1S/C14H9BrFNO3/c15-8-2-3-10(16)9(6-8)13(18)7-1-4-11-12(5-7)20-14(19)17-11/h1-6,13,18H,(H,17,19). The molecule has 0 fully saturated rings. The molecule has 2 N–H and O–H groups in total. The number of halogens is 2. The molecule has 0 aliphatic heterocycles. The summed E-state index contributed by atoms with van der Waals surface area (Å²) in [6, 6.07) is 9.07. The molecule has 3 rings (SSSR count). The van der Waals surface area contributed by atoms with Crippen molar-refractivity contribution < 1.29 is 13.9 Å². The summed E-state index contributed by atoms with van der Waals surface area (Å²) >= 11 is 3.24. The van der Waals surface area contributed by atoms with Gasteiger partial charge in [0.2, 0.25) is 0 Å². The van der Waals surface area contributed by atoms with Crippen LogP contribution in [0.5, 0.6) is 0 Å². The van der Waals surface area contributed by atoms with Crippen molar-refractivity contribution in [1.29, 1.82) is 0 Å². The summed E-state index contributed by atoms with van der Waals surface area (Å²) in [5.41, 5.74) is 1.44. The number of aromatic nitrogens is 1. The SMILES string of the molecule is O=c1[nH]c2ccc(C(O)c3cc(Br)ccc3F)cc2o1. The molecule has 0 radical (unpaired) electrons. The summed E-state index contributed by atoms with van der Waals surface area (Å²) in [6.07, 6.45) is -1.14. The molecule has 20 heavy (non-hydrogen) atoms. The summed E-state index contributed by atoms with van der Waals surface area (Å²) in [4.78, 5) is 13.6. The number of aromatic amines is 1. The van der Waals surface area contributed by atoms with Crippen LogP contribution >= 0.6 is 15.9 Å². The fourth-order valence-corrected chi connectivity index (χ4v) is 2.41. The summed E-state index contributed by atoms with van der Waals surface area (Å²) in [5, 5.41) is 10.3. The van der Waals surface area contributed by atoms with Crippen LogP contribution in [0.4, 0.5) is 4.39 Å². The van der Waals surface area contributed by atoms with Crippen molar-refractivity contribution in [2.45, 2.75) is 6.10 Å². The van der Waals surface area contributed by atoms with E-state index in [9.17, 15) is 14.3 Å². The number of aliphatic hydroxyl groups is 1. The van der Waals surface area contributed by atoms with E-state index in [1.165, 1.54) is 18.2 Å². The number of nitrogens with one attached hydrogen (secondary N) is 1. The van der Waals surface area contributed by atoms with Gasteiger partial charge in [0, 0.05) is 10.0 Å². The quantitative estimate of drug-likeness (QED) is 0.755. The summed E-state index contributed by atoms with van der Waals surface area (Å²) < 4.78 is 19.4. The highest BCUT2D eigenvalue weighted by molar-refractivity contribution is 9.10. The molecule has 4 nitrogen and oxygen atoms in total. The van der Waals surface area contributed by atoms with Gasteiger partial charge in [-0.15, -0.1) is 0 Å². The highest BCUT2D eigenvalue weighted by atomic mass is 79.9. The molecule has 0 aliphatic rings. The van der Waals surface area contributed by atoms with Crippen LogP contribution in [0.3, 0.4) is 0 Å². The molecule has 0 spiro atoms. The average molecular weight is 338 g/mol. The first-order chi connectivity index (χ1) is 9.54. The van der Waals surface area contributed by atoms with E-state index in [4.69, 9.17) is 4.42 Å². The van der Waals surface area contributed by atoms with Gasteiger partial charge in [0.15, 0.2) is 5.58 Å². The Labute approximate surface area is 121 Å². The van der Waals surface area contributed by atoms with Crippen molar-refractivity contribution in [3.8, 4) is 0 Å². The molecule has 0 bridgehead atoms. The number of aliphatic hydroxyl groups excluding tert-OH is 1. The maximum atomic E-state index is 13.8. The third-order valence-corrected chi connectivity index (χ3v) is 3.51. The predicted octanol–water partition coefficient (Wildman–Crippen LogP) is 3.10. The van der Waals surface area contributed by atoms with Crippen LogP contribution in [0.2, 0.25) is 0 Å². The van der Waals surface area contributed by atoms with E-state index in [1.807, 2.05) is 0 Å². The van der Waals surface area contributed by atoms with E-state index in [0.29, 0.717) is 21.1 Å². The van der Waals surface area contributed by atoms with Crippen LogP contribution in [0.25, 0.3) is 11.1 Å². The maximum absolute atomic E-state index is 13.8. The van der Waals surface area contributed by atoms with Crippen LogP contribution < -0.4 is 5.76 Å². The molecule has 0 aliphatic carbocycles. The Morgan fingerprint density at radius 3 is 2.85 bits per heavy atom. The van der Waals surface area contributed by atoms with Gasteiger partial charge in [0.05, 0.1) is 5.52 Å². The lowest BCUT2D eigenvalue weighted by Crippen LogP contribution is -2.02. The summed E-state index contributed by atoms with van der Waals surface area (Å²) in [7, 11) is 0. The van der Waals surface area contributed by atoms with Crippen molar-refractivity contribution >= 4 is 27.0 Å². The van der Waals surface area contributed by atoms with E-state index in [1.54, 1.807) is 18.2 Å². The molecule has 3 aromatic rings. The fraction of sp³-hybridized carbons (Fsp3) is 0.0714. The highest BCUT2D eigenvalue weighted by Crippen LogP contribution is 2.28. The Balaban J connectivity index is 2.09. The van der Waals surface area contributed by atoms with Crippen molar-refractivity contribution in [2.75, 3.05) is 0 Å². The largest absolute Gasteiger partial charge is 0.417 e. The van der Waals surface area contributed by atoms with Crippen LogP contribution in [0.15, 0.2) is 50.1 Å². The van der Waals surface area contributed by atoms with Gasteiger partial charge >= 0.3 is 5.76 Å². The molecule has 0 saturated carbocycles. The van der Waals surface area contributed by atoms with E-state index in [2.05, 4.69) is 20.9 Å². The minimum atomic E-state index is -1.14. The van der Waals surface area contributed by atoms with E-state index < -0.39 is 17.7 Å². The number of hydrogen-bond acceptors (Lipinski definition) is 3. The molecule has 102 valence electrons. The monoisotopic (exact) mass is 337 g/mol. The van der Waals surface area contributed by atoms with Gasteiger partial charge in [-0.25, -0.2) is 9.18 Å². The molecule has 1 unspecified atom stereocenters. The molecule has 1 atom stereocenters. The first kappa shape index (κ1) is 13.1. The number of H-pyrrole nitrogens is 1. The normalized spacial score (nSPS) is 12.8. The average Bonchev–Trinajstić information content (AvgIpc) is 2.79. The first-order valence-corrected chi connectivity index (χ1v) is 6.59. The van der Waals surface area contributed by atoms with Crippen LogP contribution in [-0.2, 0) is 0 Å². The molecule has 0 saturated heterocycles. The third-order valence-electron chi connectivity index (χ3n) is 3.01. The van der Waals surface area contributed by atoms with Gasteiger partial charge in [0.25, 0.3) is 0 Å². The molecule has 0 amide bonds. The van der Waals surface area contributed by atoms with E-state index in [-0.39, 0.29) is 5.56 Å². The summed E-state index contributed by atoms with van der Waals surface area (Å²) in [5.74, 6) is -1.07. The van der Waals surface area contributed by atoms with Gasteiger partial charge in [-0.3, -0.25) is 4.98 Å². The fourth-order valence-electron chi connectivity index (χ4n) is 2.04. The molecular weight excluding hydrogens is 329 g/mol. The van der Waals surface area contributed by atoms with Gasteiger partial charge in [-0.05, 0) is 35.9 Å². The zero-order valence-corrected chi connectivity index (χ0v) is 11.6. The zero-order chi connectivity index (χ0) is 14.3. The lowest BCUT2D eigenvalue weighted by molar-refractivity contribution is 0.215. The Morgan fingerprint density at radius 2 is 2.05 bits per heavy atom. The summed E-state index contributed by atoms with van der Waals surface area (Å²) in [6.45, 7) is 0. The number of rotatable bonds is 2. The maximum Gasteiger partial charge on any atom is 0.417 e. The Bertz CT molecular complexity index is 840. The number of hydrogen-bond donors (Lipinski definition) is 2. The zero-order valence-electron chi connectivity index (χ0n) is 10.1.